The Balaban J connectivity index is 1.66. The Morgan fingerprint density at radius 3 is 2.55 bits per heavy atom. The zero-order valence-corrected chi connectivity index (χ0v) is 17.1. The second kappa shape index (κ2) is 8.72. The van der Waals surface area contributed by atoms with E-state index in [1.165, 1.54) is 0 Å². The smallest absolute Gasteiger partial charge is 0.338 e. The third kappa shape index (κ3) is 4.53. The van der Waals surface area contributed by atoms with Gasteiger partial charge in [0.2, 0.25) is 0 Å². The van der Waals surface area contributed by atoms with Crippen molar-refractivity contribution in [2.45, 2.75) is 33.6 Å². The quantitative estimate of drug-likeness (QED) is 0.470. The lowest BCUT2D eigenvalue weighted by atomic mass is 10.1. The number of hydrogen-bond acceptors (Lipinski definition) is 5. The Kier molecular flexibility index (Phi) is 6.11. The normalized spacial score (nSPS) is 10.8. The molecule has 2 N–H and O–H groups in total. The molecular weight excluding hydrogens is 370 g/mol. The molecule has 0 aliphatic heterocycles. The van der Waals surface area contributed by atoms with Crippen LogP contribution in [0.2, 0.25) is 0 Å². The number of esters is 1. The van der Waals surface area contributed by atoms with Crippen LogP contribution in [0.4, 0.5) is 5.69 Å². The molecule has 0 fully saturated rings. The summed E-state index contributed by atoms with van der Waals surface area (Å²) in [5, 5.41) is 14.2. The zero-order valence-electron chi connectivity index (χ0n) is 17.1. The molecule has 0 radical (unpaired) electrons. The molecule has 0 atom stereocenters. The highest BCUT2D eigenvalue weighted by Gasteiger charge is 2.17. The van der Waals surface area contributed by atoms with E-state index in [0.29, 0.717) is 29.2 Å². The Morgan fingerprint density at radius 2 is 1.93 bits per heavy atom. The maximum atomic E-state index is 12.5. The molecule has 3 aromatic rings. The molecule has 29 heavy (non-hydrogen) atoms. The average Bonchev–Trinajstić information content (AvgIpc) is 3.27. The molecule has 1 aromatic carbocycles. The number of aromatic nitrogens is 4. The van der Waals surface area contributed by atoms with Gasteiger partial charge in [-0.1, -0.05) is 13.3 Å². The predicted molar refractivity (Wildman–Crippen MR) is 110 cm³/mol. The SMILES string of the molecule is CCCCOC(=O)c1ccc(NC(=O)c2cc(-c3c(C)nn(C)c3C)n[nH]2)cc1. The van der Waals surface area contributed by atoms with Gasteiger partial charge in [-0.25, -0.2) is 4.79 Å². The van der Waals surface area contributed by atoms with Gasteiger partial charge in [0.25, 0.3) is 5.91 Å². The van der Waals surface area contributed by atoms with Crippen molar-refractivity contribution < 1.29 is 14.3 Å². The Bertz CT molecular complexity index is 1020. The zero-order chi connectivity index (χ0) is 21.0. The van der Waals surface area contributed by atoms with Crippen molar-refractivity contribution in [3.05, 3.63) is 53.0 Å². The Labute approximate surface area is 169 Å². The highest BCUT2D eigenvalue weighted by Crippen LogP contribution is 2.25. The minimum absolute atomic E-state index is 0.318. The van der Waals surface area contributed by atoms with Crippen molar-refractivity contribution in [3.8, 4) is 11.3 Å². The summed E-state index contributed by atoms with van der Waals surface area (Å²) in [5.41, 5.74) is 4.77. The van der Waals surface area contributed by atoms with E-state index in [1.807, 2.05) is 27.8 Å². The van der Waals surface area contributed by atoms with Gasteiger partial charge < -0.3 is 10.1 Å². The summed E-state index contributed by atoms with van der Waals surface area (Å²) in [4.78, 5) is 24.5. The number of nitrogens with zero attached hydrogens (tertiary/aromatic N) is 3. The topological polar surface area (TPSA) is 102 Å². The van der Waals surface area contributed by atoms with Gasteiger partial charge in [0.05, 0.1) is 23.6 Å². The summed E-state index contributed by atoms with van der Waals surface area (Å²) in [6.07, 6.45) is 1.80. The summed E-state index contributed by atoms with van der Waals surface area (Å²) in [6.45, 7) is 6.31. The minimum atomic E-state index is -0.364. The molecule has 0 spiro atoms. The van der Waals surface area contributed by atoms with Gasteiger partial charge >= 0.3 is 5.97 Å². The molecule has 0 aliphatic rings. The number of benzene rings is 1. The van der Waals surface area contributed by atoms with Crippen LogP contribution in [0.15, 0.2) is 30.3 Å². The molecule has 1 amide bonds. The number of nitrogens with one attached hydrogen (secondary N) is 2. The molecule has 0 saturated carbocycles. The van der Waals surface area contributed by atoms with Crippen LogP contribution in [0.1, 0.15) is 52.0 Å². The van der Waals surface area contributed by atoms with E-state index in [0.717, 1.165) is 29.8 Å². The number of carbonyl (C=O) groups excluding carboxylic acids is 2. The number of aryl methyl sites for hydroxylation is 2. The highest BCUT2D eigenvalue weighted by molar-refractivity contribution is 6.03. The second-order valence-corrected chi connectivity index (χ2v) is 6.86. The molecule has 8 heteroatoms. The van der Waals surface area contributed by atoms with E-state index < -0.39 is 0 Å². The molecule has 8 nitrogen and oxygen atoms in total. The molecule has 0 unspecified atom stereocenters. The number of hydrogen-bond donors (Lipinski definition) is 2. The standard InChI is InChI=1S/C21H25N5O3/c1-5-6-11-29-21(28)15-7-9-16(10-8-15)22-20(27)18-12-17(23-24-18)19-13(2)25-26(4)14(19)3/h7-10,12H,5-6,11H2,1-4H3,(H,22,27)(H,23,24). The first-order chi connectivity index (χ1) is 13.9. The number of aromatic amines is 1. The molecule has 2 heterocycles. The Morgan fingerprint density at radius 1 is 1.21 bits per heavy atom. The average molecular weight is 395 g/mol. The van der Waals surface area contributed by atoms with E-state index in [9.17, 15) is 9.59 Å². The first-order valence-corrected chi connectivity index (χ1v) is 9.55. The van der Waals surface area contributed by atoms with Crippen molar-refractivity contribution in [1.29, 1.82) is 0 Å². The van der Waals surface area contributed by atoms with Crippen LogP contribution < -0.4 is 5.32 Å². The fourth-order valence-corrected chi connectivity index (χ4v) is 2.99. The van der Waals surface area contributed by atoms with Gasteiger partial charge in [0, 0.05) is 24.0 Å². The fourth-order valence-electron chi connectivity index (χ4n) is 2.99. The fraction of sp³-hybridized carbons (Fsp3) is 0.333. The monoisotopic (exact) mass is 395 g/mol. The van der Waals surface area contributed by atoms with Gasteiger partial charge in [0.15, 0.2) is 0 Å². The third-order valence-corrected chi connectivity index (χ3v) is 4.70. The van der Waals surface area contributed by atoms with E-state index in [1.54, 1.807) is 35.0 Å². The summed E-state index contributed by atoms with van der Waals surface area (Å²) in [6, 6.07) is 8.29. The molecule has 0 saturated heterocycles. The summed E-state index contributed by atoms with van der Waals surface area (Å²) in [7, 11) is 1.87. The van der Waals surface area contributed by atoms with Crippen molar-refractivity contribution >= 4 is 17.6 Å². The maximum absolute atomic E-state index is 12.5. The van der Waals surface area contributed by atoms with Crippen molar-refractivity contribution in [3.63, 3.8) is 0 Å². The van der Waals surface area contributed by atoms with Crippen LogP contribution in [0, 0.1) is 13.8 Å². The summed E-state index contributed by atoms with van der Waals surface area (Å²) >= 11 is 0. The summed E-state index contributed by atoms with van der Waals surface area (Å²) < 4.78 is 6.96. The maximum Gasteiger partial charge on any atom is 0.338 e. The van der Waals surface area contributed by atoms with Crippen LogP contribution in [0.3, 0.4) is 0 Å². The number of rotatable bonds is 7. The third-order valence-electron chi connectivity index (χ3n) is 4.70. The largest absolute Gasteiger partial charge is 0.462 e. The number of anilines is 1. The number of ether oxygens (including phenoxy) is 1. The van der Waals surface area contributed by atoms with Gasteiger partial charge in [-0.3, -0.25) is 14.6 Å². The van der Waals surface area contributed by atoms with Crippen LogP contribution in [-0.2, 0) is 11.8 Å². The number of carbonyl (C=O) groups is 2. The van der Waals surface area contributed by atoms with Gasteiger partial charge in [-0.05, 0) is 50.6 Å². The van der Waals surface area contributed by atoms with E-state index in [4.69, 9.17) is 4.74 Å². The predicted octanol–water partition coefficient (Wildman–Crippen LogP) is 3.64. The number of unbranched alkanes of at least 4 members (excludes halogenated alkanes) is 1. The van der Waals surface area contributed by atoms with E-state index in [-0.39, 0.29) is 11.9 Å². The molecule has 2 aromatic heterocycles. The van der Waals surface area contributed by atoms with Crippen LogP contribution in [0.25, 0.3) is 11.3 Å². The first kappa shape index (κ1) is 20.3. The van der Waals surface area contributed by atoms with Crippen LogP contribution in [0.5, 0.6) is 0 Å². The van der Waals surface area contributed by atoms with Gasteiger partial charge in [0.1, 0.15) is 5.69 Å². The molecule has 0 bridgehead atoms. The molecule has 152 valence electrons. The molecule has 0 aliphatic carbocycles. The lowest BCUT2D eigenvalue weighted by Gasteiger charge is -2.06. The number of amides is 1. The van der Waals surface area contributed by atoms with Gasteiger partial charge in [-0.15, -0.1) is 0 Å². The molecule has 3 rings (SSSR count). The van der Waals surface area contributed by atoms with Crippen molar-refractivity contribution in [2.24, 2.45) is 7.05 Å². The second-order valence-electron chi connectivity index (χ2n) is 6.86. The van der Waals surface area contributed by atoms with Crippen molar-refractivity contribution in [1.82, 2.24) is 20.0 Å². The van der Waals surface area contributed by atoms with Gasteiger partial charge in [-0.2, -0.15) is 10.2 Å². The van der Waals surface area contributed by atoms with Crippen LogP contribution >= 0.6 is 0 Å². The molecular formula is C21H25N5O3. The van der Waals surface area contributed by atoms with Crippen LogP contribution in [-0.4, -0.2) is 38.5 Å². The first-order valence-electron chi connectivity index (χ1n) is 9.55. The van der Waals surface area contributed by atoms with E-state index in [2.05, 4.69) is 20.6 Å². The minimum Gasteiger partial charge on any atom is -0.462 e. The van der Waals surface area contributed by atoms with Crippen molar-refractivity contribution in [2.75, 3.05) is 11.9 Å². The van der Waals surface area contributed by atoms with E-state index >= 15 is 0 Å². The number of H-pyrrole nitrogens is 1. The lowest BCUT2D eigenvalue weighted by Crippen LogP contribution is -2.12. The highest BCUT2D eigenvalue weighted by atomic mass is 16.5. The Hall–Kier alpha value is -3.42. The summed E-state index contributed by atoms with van der Waals surface area (Å²) in [5.74, 6) is -0.682. The lowest BCUT2D eigenvalue weighted by molar-refractivity contribution is 0.0499.